The maximum Gasteiger partial charge on any atom is 0.353 e. The molecule has 0 spiro atoms. The molecule has 9 atom stereocenters. The highest BCUT2D eigenvalue weighted by molar-refractivity contribution is 8.03. The van der Waals surface area contributed by atoms with E-state index in [0.29, 0.717) is 69.5 Å². The van der Waals surface area contributed by atoms with Crippen LogP contribution < -0.4 is 0 Å². The number of hydrogen-bond donors (Lipinski definition) is 3. The quantitative estimate of drug-likeness (QED) is 0.0709. The lowest BCUT2D eigenvalue weighted by molar-refractivity contribution is -0.165. The van der Waals surface area contributed by atoms with Gasteiger partial charge in [-0.25, -0.2) is 9.59 Å². The van der Waals surface area contributed by atoms with E-state index in [0.717, 1.165) is 31.2 Å². The third kappa shape index (κ3) is 11.8. The summed E-state index contributed by atoms with van der Waals surface area (Å²) in [5.41, 5.74) is -0.152. The highest BCUT2D eigenvalue weighted by Gasteiger charge is 2.60. The Morgan fingerprint density at radius 3 is 2.39 bits per heavy atom. The smallest absolute Gasteiger partial charge is 0.353 e. The number of carboxylic acid groups (broad SMARTS) is 1. The molecule has 5 heterocycles. The van der Waals surface area contributed by atoms with Crippen molar-refractivity contribution < 1.29 is 44.0 Å². The lowest BCUT2D eigenvalue weighted by Crippen LogP contribution is -2.63. The number of nitrogens with zero attached hydrogens (tertiary/aromatic N) is 5. The molecule has 358 valence electrons. The summed E-state index contributed by atoms with van der Waals surface area (Å²) in [5.74, 6) is -3.77. The predicted octanol–water partition coefficient (Wildman–Crippen LogP) is 5.93. The number of carboxylic acids is 1. The number of aliphatic carboxylic acids is 1. The van der Waals surface area contributed by atoms with Gasteiger partial charge in [-0.15, -0.1) is 11.8 Å². The minimum atomic E-state index is -1.13. The molecule has 4 aliphatic rings. The Bertz CT molecular complexity index is 1870. The van der Waals surface area contributed by atoms with Gasteiger partial charge >= 0.3 is 11.9 Å². The summed E-state index contributed by atoms with van der Waals surface area (Å²) >= 11 is 1.51. The van der Waals surface area contributed by atoms with Crippen molar-refractivity contribution >= 4 is 41.3 Å². The number of fused-ring (bicyclic) bond motifs is 1. The molecule has 3 N–H and O–H groups in total. The summed E-state index contributed by atoms with van der Waals surface area (Å²) in [4.78, 5) is 78.2. The van der Waals surface area contributed by atoms with Crippen molar-refractivity contribution in [3.8, 4) is 0 Å². The van der Waals surface area contributed by atoms with Crippen LogP contribution in [0.3, 0.4) is 0 Å². The third-order valence-corrected chi connectivity index (χ3v) is 16.6. The van der Waals surface area contributed by atoms with E-state index in [2.05, 4.69) is 49.5 Å². The number of amides is 2. The Hall–Kier alpha value is -3.37. The van der Waals surface area contributed by atoms with Gasteiger partial charge in [0.05, 0.1) is 24.2 Å². The number of carbonyl (C=O) groups is 5. The van der Waals surface area contributed by atoms with Gasteiger partial charge in [-0.1, -0.05) is 47.6 Å². The van der Waals surface area contributed by atoms with Crippen molar-refractivity contribution in [3.63, 3.8) is 0 Å². The van der Waals surface area contributed by atoms with Gasteiger partial charge in [0.15, 0.2) is 0 Å². The predicted molar refractivity (Wildman–Crippen MR) is 248 cm³/mol. The summed E-state index contributed by atoms with van der Waals surface area (Å²) in [6, 6.07) is 2.67. The summed E-state index contributed by atoms with van der Waals surface area (Å²) in [5, 5.41) is 32.0. The number of Topliss-reactive ketones (excluding diaryl/α,β-unsaturated/α-hetero) is 1. The number of β-lactam (4-membered cyclic amide) rings is 1. The van der Waals surface area contributed by atoms with Crippen molar-refractivity contribution in [2.45, 2.75) is 180 Å². The number of aromatic nitrogens is 1. The average molecular weight is 912 g/mol. The van der Waals surface area contributed by atoms with Gasteiger partial charge in [-0.3, -0.25) is 24.3 Å². The summed E-state index contributed by atoms with van der Waals surface area (Å²) in [7, 11) is 4.09. The van der Waals surface area contributed by atoms with E-state index in [4.69, 9.17) is 4.74 Å². The monoisotopic (exact) mass is 912 g/mol. The average Bonchev–Trinajstić information content (AvgIpc) is 3.73. The molecule has 4 aliphatic heterocycles. The fraction of sp³-hybridized carbons (Fsp3) is 0.755. The van der Waals surface area contributed by atoms with E-state index >= 15 is 0 Å². The number of likely N-dealkylation sites (tertiary alicyclic amines) is 2. The lowest BCUT2D eigenvalue weighted by atomic mass is 9.78. The zero-order valence-corrected chi connectivity index (χ0v) is 41.2. The van der Waals surface area contributed by atoms with Crippen LogP contribution in [0.4, 0.5) is 0 Å². The lowest BCUT2D eigenvalue weighted by Gasteiger charge is -2.46. The van der Waals surface area contributed by atoms with Crippen LogP contribution in [0.15, 0.2) is 35.1 Å². The molecule has 1 aromatic heterocycles. The van der Waals surface area contributed by atoms with Gasteiger partial charge in [0.1, 0.15) is 17.8 Å². The fourth-order valence-corrected chi connectivity index (χ4v) is 11.7. The number of carbonyl (C=O) groups excluding carboxylic acids is 4. The Kier molecular flexibility index (Phi) is 17.0. The molecule has 2 amide bonds. The molecular weight excluding hydrogens is 835 g/mol. The van der Waals surface area contributed by atoms with E-state index in [1.165, 1.54) is 21.6 Å². The van der Waals surface area contributed by atoms with E-state index in [1.807, 2.05) is 39.2 Å². The molecule has 15 heteroatoms. The summed E-state index contributed by atoms with van der Waals surface area (Å²) < 4.78 is 6.35. The second-order valence-corrected chi connectivity index (χ2v) is 22.6. The maximum atomic E-state index is 14.0. The molecule has 0 aromatic carbocycles. The number of pyridine rings is 1. The van der Waals surface area contributed by atoms with Crippen LogP contribution in [0.1, 0.15) is 132 Å². The molecule has 64 heavy (non-hydrogen) atoms. The highest BCUT2D eigenvalue weighted by atomic mass is 32.2. The highest BCUT2D eigenvalue weighted by Crippen LogP contribution is 2.52. The first-order valence-corrected chi connectivity index (χ1v) is 24.5. The van der Waals surface area contributed by atoms with Gasteiger partial charge in [0, 0.05) is 65.1 Å². The van der Waals surface area contributed by atoms with Gasteiger partial charge in [0.2, 0.25) is 11.7 Å². The van der Waals surface area contributed by atoms with E-state index in [9.17, 15) is 39.3 Å². The summed E-state index contributed by atoms with van der Waals surface area (Å²) in [6.07, 6.45) is 9.05. The fourth-order valence-electron chi connectivity index (χ4n) is 10.1. The van der Waals surface area contributed by atoms with Gasteiger partial charge < -0.3 is 34.8 Å². The topological polar surface area (TPSA) is 181 Å². The standard InChI is InChI=1S/C49H77N5O9S/c1-12-48(6,7)42(57)44(59)53-24-14-13-17-35(53)46(62)63-33(19-18-32-16-15-23-50-28-32)27-47(4,5)21-22-49(8,9)52(11)25-20-37(56)36-26-34(29-51(36)10)64-41-30(2)39-38(31(3)55)43(58)54(39)40(41)45(60)61/h15-16,23,28,30-31,33-39,55-56H,12-14,17-22,24-27,29H2,1-11H3,(H,60,61)/t30-,31-,33-,34+,35+,36+,37-,38-,39-/m1/s1. The van der Waals surface area contributed by atoms with E-state index < -0.39 is 59.3 Å². The number of piperidine rings is 1. The van der Waals surface area contributed by atoms with Crippen molar-refractivity contribution in [3.05, 3.63) is 40.7 Å². The van der Waals surface area contributed by atoms with Gasteiger partial charge in [-0.2, -0.15) is 0 Å². The van der Waals surface area contributed by atoms with Crippen molar-refractivity contribution in [2.24, 2.45) is 22.7 Å². The molecule has 0 radical (unpaired) electrons. The molecule has 1 aromatic rings. The van der Waals surface area contributed by atoms with Gasteiger partial charge in [-0.05, 0) is 123 Å². The van der Waals surface area contributed by atoms with Crippen LogP contribution in [-0.2, 0) is 35.1 Å². The molecule has 0 bridgehead atoms. The number of aryl methyl sites for hydroxylation is 1. The SMILES string of the molecule is CCC(C)(C)C(=O)C(=O)N1CCCC[C@H]1C(=O)O[C@H](CCc1cccnc1)CC(C)(C)CCC(C)(C)N(C)CC[C@@H](O)[C@@H]1C[C@H](SC2=C(C(=O)O)N3C(=O)[C@H]([C@@H](C)O)[C@H]3[C@H]2C)CN1C. The Labute approximate surface area is 385 Å². The molecule has 14 nitrogen and oxygen atoms in total. The largest absolute Gasteiger partial charge is 0.477 e. The first-order chi connectivity index (χ1) is 29.9. The van der Waals surface area contributed by atoms with Crippen LogP contribution in [0.5, 0.6) is 0 Å². The van der Waals surface area contributed by atoms with Crippen molar-refractivity contribution in [1.82, 2.24) is 24.6 Å². The van der Waals surface area contributed by atoms with Crippen molar-refractivity contribution in [2.75, 3.05) is 33.7 Å². The zero-order chi connectivity index (χ0) is 47.5. The first kappa shape index (κ1) is 51.6. The normalized spacial score (nSPS) is 25.9. The number of likely N-dealkylation sites (N-methyl/N-ethyl adjacent to an activating group) is 1. The second kappa shape index (κ2) is 21.1. The molecule has 5 rings (SSSR count). The Balaban J connectivity index is 1.16. The molecule has 3 fully saturated rings. The number of aliphatic hydroxyl groups excluding tert-OH is 2. The van der Waals surface area contributed by atoms with E-state index in [-0.39, 0.29) is 45.8 Å². The van der Waals surface area contributed by atoms with Crippen LogP contribution in [-0.4, -0.2) is 150 Å². The van der Waals surface area contributed by atoms with Crippen molar-refractivity contribution in [1.29, 1.82) is 0 Å². The van der Waals surface area contributed by atoms with E-state index in [1.54, 1.807) is 27.0 Å². The van der Waals surface area contributed by atoms with Crippen LogP contribution >= 0.6 is 11.8 Å². The maximum absolute atomic E-state index is 14.0. The third-order valence-electron chi connectivity index (χ3n) is 15.1. The number of hydrogen-bond acceptors (Lipinski definition) is 12. The number of rotatable bonds is 22. The number of aliphatic hydroxyl groups is 2. The van der Waals surface area contributed by atoms with Crippen LogP contribution in [0, 0.1) is 22.7 Å². The minimum Gasteiger partial charge on any atom is -0.477 e. The molecule has 3 saturated heterocycles. The molecule has 0 aliphatic carbocycles. The minimum absolute atomic E-state index is 0.0361. The number of ether oxygens (including phenoxy) is 1. The first-order valence-electron chi connectivity index (χ1n) is 23.6. The summed E-state index contributed by atoms with van der Waals surface area (Å²) in [6.45, 7) is 19.5. The number of esters is 1. The Morgan fingerprint density at radius 2 is 1.77 bits per heavy atom. The molecule has 0 saturated carbocycles. The Morgan fingerprint density at radius 1 is 1.06 bits per heavy atom. The number of ketones is 1. The van der Waals surface area contributed by atoms with Crippen LogP contribution in [0.25, 0.3) is 0 Å². The molecule has 0 unspecified atom stereocenters. The zero-order valence-electron chi connectivity index (χ0n) is 40.3. The second-order valence-electron chi connectivity index (χ2n) is 21.2. The van der Waals surface area contributed by atoms with Gasteiger partial charge in [0.25, 0.3) is 5.91 Å². The number of thioether (sulfide) groups is 1. The molecular formula is C49H77N5O9S. The van der Waals surface area contributed by atoms with Crippen LogP contribution in [0.2, 0.25) is 0 Å².